The molecule has 0 amide bonds. The third kappa shape index (κ3) is 3.97. The highest BCUT2D eigenvalue weighted by Crippen LogP contribution is 2.26. The van der Waals surface area contributed by atoms with Crippen LogP contribution < -0.4 is 5.32 Å². The van der Waals surface area contributed by atoms with E-state index in [-0.39, 0.29) is 0 Å². The van der Waals surface area contributed by atoms with Crippen molar-refractivity contribution in [1.29, 1.82) is 0 Å². The molecule has 1 aliphatic carbocycles. The molecule has 0 atom stereocenters. The average Bonchev–Trinajstić information content (AvgIpc) is 2.19. The maximum atomic E-state index is 3.21. The minimum absolute atomic E-state index is 0.864. The summed E-state index contributed by atoms with van der Waals surface area (Å²) in [5, 5.41) is 3.21. The monoisotopic (exact) mass is 198 g/mol. The van der Waals surface area contributed by atoms with Crippen molar-refractivity contribution in [3.8, 4) is 0 Å². The minimum atomic E-state index is 0.864. The third-order valence-electron chi connectivity index (χ3n) is 3.55. The van der Waals surface area contributed by atoms with Crippen LogP contribution in [0.5, 0.6) is 0 Å². The summed E-state index contributed by atoms with van der Waals surface area (Å²) in [4.78, 5) is 2.56. The van der Waals surface area contributed by atoms with Crippen molar-refractivity contribution in [3.05, 3.63) is 0 Å². The molecule has 2 nitrogen and oxygen atoms in total. The molecule has 0 spiro atoms. The predicted molar refractivity (Wildman–Crippen MR) is 62.6 cm³/mol. The molecule has 1 saturated carbocycles. The summed E-state index contributed by atoms with van der Waals surface area (Å²) in [5.41, 5.74) is 0. The molecule has 1 rings (SSSR count). The Balaban J connectivity index is 2.13. The molecule has 0 aliphatic heterocycles. The van der Waals surface area contributed by atoms with Gasteiger partial charge in [0.1, 0.15) is 0 Å². The molecular weight excluding hydrogens is 172 g/mol. The van der Waals surface area contributed by atoms with E-state index in [0.29, 0.717) is 0 Å². The fourth-order valence-corrected chi connectivity index (χ4v) is 2.37. The second kappa shape index (κ2) is 6.41. The minimum Gasteiger partial charge on any atom is -0.320 e. The van der Waals surface area contributed by atoms with Crippen LogP contribution in [0.2, 0.25) is 0 Å². The van der Waals surface area contributed by atoms with Crippen LogP contribution in [0.4, 0.5) is 0 Å². The Bertz CT molecular complexity index is 139. The van der Waals surface area contributed by atoms with Gasteiger partial charge in [0, 0.05) is 6.04 Å². The van der Waals surface area contributed by atoms with Gasteiger partial charge in [-0.25, -0.2) is 0 Å². The normalized spacial score (nSPS) is 28.3. The molecule has 0 radical (unpaired) electrons. The van der Waals surface area contributed by atoms with E-state index in [2.05, 4.69) is 24.2 Å². The van der Waals surface area contributed by atoms with E-state index in [4.69, 9.17) is 0 Å². The zero-order valence-corrected chi connectivity index (χ0v) is 10.1. The second-order valence-corrected chi connectivity index (χ2v) is 4.85. The van der Waals surface area contributed by atoms with Gasteiger partial charge >= 0.3 is 0 Å². The molecule has 0 heterocycles. The van der Waals surface area contributed by atoms with Crippen molar-refractivity contribution in [2.24, 2.45) is 5.92 Å². The standard InChI is InChI=1S/C12H26N2/c1-11-5-7-12(8-6-11)14(3)10-4-9-13-2/h11-13H,4-10H2,1-3H3. The summed E-state index contributed by atoms with van der Waals surface area (Å²) in [5.74, 6) is 0.969. The van der Waals surface area contributed by atoms with Crippen LogP contribution in [0.1, 0.15) is 39.0 Å². The molecule has 14 heavy (non-hydrogen) atoms. The fourth-order valence-electron chi connectivity index (χ4n) is 2.37. The maximum absolute atomic E-state index is 3.21. The molecule has 1 aliphatic rings. The highest BCUT2D eigenvalue weighted by molar-refractivity contribution is 4.76. The summed E-state index contributed by atoms with van der Waals surface area (Å²) < 4.78 is 0. The summed E-state index contributed by atoms with van der Waals surface area (Å²) in [6.45, 7) is 4.78. The number of nitrogens with zero attached hydrogens (tertiary/aromatic N) is 1. The van der Waals surface area contributed by atoms with Crippen LogP contribution in [-0.4, -0.2) is 38.1 Å². The number of rotatable bonds is 5. The van der Waals surface area contributed by atoms with E-state index in [0.717, 1.165) is 18.5 Å². The molecule has 0 unspecified atom stereocenters. The van der Waals surface area contributed by atoms with Crippen LogP contribution in [0.3, 0.4) is 0 Å². The van der Waals surface area contributed by atoms with Crippen LogP contribution in [0.25, 0.3) is 0 Å². The molecule has 1 fully saturated rings. The van der Waals surface area contributed by atoms with Gasteiger partial charge in [-0.3, -0.25) is 0 Å². The first-order valence-corrected chi connectivity index (χ1v) is 6.09. The van der Waals surface area contributed by atoms with Crippen molar-refractivity contribution >= 4 is 0 Å². The molecule has 0 aromatic rings. The first kappa shape index (κ1) is 12.0. The molecule has 84 valence electrons. The lowest BCUT2D eigenvalue weighted by Crippen LogP contribution is -2.36. The van der Waals surface area contributed by atoms with Crippen molar-refractivity contribution in [2.75, 3.05) is 27.2 Å². The van der Waals surface area contributed by atoms with Gasteiger partial charge in [-0.05, 0) is 65.2 Å². The lowest BCUT2D eigenvalue weighted by atomic mass is 9.87. The molecule has 0 aromatic carbocycles. The van der Waals surface area contributed by atoms with Crippen molar-refractivity contribution in [3.63, 3.8) is 0 Å². The Morgan fingerprint density at radius 3 is 2.43 bits per heavy atom. The van der Waals surface area contributed by atoms with E-state index in [1.165, 1.54) is 38.6 Å². The number of hydrogen-bond acceptors (Lipinski definition) is 2. The van der Waals surface area contributed by atoms with Gasteiger partial charge in [-0.15, -0.1) is 0 Å². The topological polar surface area (TPSA) is 15.3 Å². The summed E-state index contributed by atoms with van der Waals surface area (Å²) in [6.07, 6.45) is 6.97. The van der Waals surface area contributed by atoms with Gasteiger partial charge in [0.2, 0.25) is 0 Å². The number of nitrogens with one attached hydrogen (secondary N) is 1. The Kier molecular flexibility index (Phi) is 5.49. The quantitative estimate of drug-likeness (QED) is 0.681. The largest absolute Gasteiger partial charge is 0.320 e. The predicted octanol–water partition coefficient (Wildman–Crippen LogP) is 2.11. The molecule has 0 bridgehead atoms. The van der Waals surface area contributed by atoms with Crippen LogP contribution in [-0.2, 0) is 0 Å². The van der Waals surface area contributed by atoms with Gasteiger partial charge in [0.05, 0.1) is 0 Å². The Morgan fingerprint density at radius 2 is 1.86 bits per heavy atom. The Morgan fingerprint density at radius 1 is 1.21 bits per heavy atom. The summed E-state index contributed by atoms with van der Waals surface area (Å²) in [6, 6.07) is 0.864. The van der Waals surface area contributed by atoms with E-state index in [1.807, 2.05) is 7.05 Å². The van der Waals surface area contributed by atoms with Crippen molar-refractivity contribution < 1.29 is 0 Å². The summed E-state index contributed by atoms with van der Waals surface area (Å²) >= 11 is 0. The first-order chi connectivity index (χ1) is 6.74. The summed E-state index contributed by atoms with van der Waals surface area (Å²) in [7, 11) is 4.32. The average molecular weight is 198 g/mol. The van der Waals surface area contributed by atoms with Crippen LogP contribution >= 0.6 is 0 Å². The van der Waals surface area contributed by atoms with E-state index in [9.17, 15) is 0 Å². The van der Waals surface area contributed by atoms with Gasteiger partial charge in [0.25, 0.3) is 0 Å². The zero-order valence-electron chi connectivity index (χ0n) is 10.1. The second-order valence-electron chi connectivity index (χ2n) is 4.85. The Hall–Kier alpha value is -0.0800. The maximum Gasteiger partial charge on any atom is 0.00924 e. The van der Waals surface area contributed by atoms with Gasteiger partial charge in [0.15, 0.2) is 0 Å². The Labute approximate surface area is 89.1 Å². The number of hydrogen-bond donors (Lipinski definition) is 1. The molecule has 0 aromatic heterocycles. The lowest BCUT2D eigenvalue weighted by molar-refractivity contribution is 0.169. The van der Waals surface area contributed by atoms with Crippen LogP contribution in [0, 0.1) is 5.92 Å². The van der Waals surface area contributed by atoms with E-state index >= 15 is 0 Å². The first-order valence-electron chi connectivity index (χ1n) is 6.09. The third-order valence-corrected chi connectivity index (χ3v) is 3.55. The van der Waals surface area contributed by atoms with E-state index < -0.39 is 0 Å². The van der Waals surface area contributed by atoms with Crippen molar-refractivity contribution in [2.45, 2.75) is 45.1 Å². The fraction of sp³-hybridized carbons (Fsp3) is 1.00. The van der Waals surface area contributed by atoms with Gasteiger partial charge < -0.3 is 10.2 Å². The lowest BCUT2D eigenvalue weighted by Gasteiger charge is -2.33. The van der Waals surface area contributed by atoms with Crippen LogP contribution in [0.15, 0.2) is 0 Å². The molecular formula is C12H26N2. The molecule has 2 heteroatoms. The smallest absolute Gasteiger partial charge is 0.00924 e. The van der Waals surface area contributed by atoms with Gasteiger partial charge in [-0.1, -0.05) is 6.92 Å². The van der Waals surface area contributed by atoms with Crippen molar-refractivity contribution in [1.82, 2.24) is 10.2 Å². The van der Waals surface area contributed by atoms with E-state index in [1.54, 1.807) is 0 Å². The highest BCUT2D eigenvalue weighted by atomic mass is 15.1. The zero-order chi connectivity index (χ0) is 10.4. The molecule has 0 saturated heterocycles. The molecule has 1 N–H and O–H groups in total. The SMILES string of the molecule is CNCCCN(C)C1CCC(C)CC1. The highest BCUT2D eigenvalue weighted by Gasteiger charge is 2.20. The van der Waals surface area contributed by atoms with Gasteiger partial charge in [-0.2, -0.15) is 0 Å².